The van der Waals surface area contributed by atoms with Crippen LogP contribution in [0, 0.1) is 13.8 Å². The quantitative estimate of drug-likeness (QED) is 0.819. The normalized spacial score (nSPS) is 17.6. The minimum Gasteiger partial charge on any atom is -0.425 e. The number of cyclic esters (lactones) is 1. The molecule has 1 atom stereocenters. The number of benzene rings is 1. The molecule has 0 saturated carbocycles. The van der Waals surface area contributed by atoms with Crippen LogP contribution < -0.4 is 5.32 Å². The maximum Gasteiger partial charge on any atom is 0.354 e. The van der Waals surface area contributed by atoms with E-state index in [9.17, 15) is 9.90 Å². The molecule has 0 amide bonds. The molecule has 120 valence electrons. The predicted molar refractivity (Wildman–Crippen MR) is 82.7 cm³/mol. The molecule has 1 aromatic carbocycles. The molecule has 2 aromatic rings. The van der Waals surface area contributed by atoms with E-state index >= 15 is 0 Å². The number of nitrogens with zero attached hydrogens (tertiary/aromatic N) is 3. The average Bonchev–Trinajstić information content (AvgIpc) is 3.06. The summed E-state index contributed by atoms with van der Waals surface area (Å²) in [6, 6.07) is 6.08. The molecule has 0 spiro atoms. The minimum atomic E-state index is -1.37. The van der Waals surface area contributed by atoms with E-state index in [1.54, 1.807) is 10.9 Å². The number of carbonyl (C=O) groups excluding carboxylic acids is 1. The number of ether oxygens (including phenoxy) is 1. The number of aromatic nitrogens is 3. The van der Waals surface area contributed by atoms with Gasteiger partial charge in [-0.3, -0.25) is 0 Å². The van der Waals surface area contributed by atoms with Crippen LogP contribution in [0.15, 0.2) is 35.1 Å². The van der Waals surface area contributed by atoms with Crippen LogP contribution in [-0.2, 0) is 16.1 Å². The van der Waals surface area contributed by atoms with Gasteiger partial charge in [0, 0.05) is 0 Å². The average molecular weight is 335 g/mol. The highest BCUT2D eigenvalue weighted by atomic mass is 35.5. The zero-order chi connectivity index (χ0) is 16.6. The molecule has 1 aliphatic rings. The fraction of sp³-hybridized carbons (Fsp3) is 0.267. The number of hydrogen-bond donors (Lipinski definition) is 2. The predicted octanol–water partition coefficient (Wildman–Crippen LogP) is 1.30. The SMILES string of the molecule is Cc1ccc(C)c(-n2cc(CNC3=C(Cl)C(=O)OC3O)nn2)c1. The van der Waals surface area contributed by atoms with Crippen molar-refractivity contribution in [1.29, 1.82) is 0 Å². The van der Waals surface area contributed by atoms with Crippen molar-refractivity contribution in [2.75, 3.05) is 0 Å². The summed E-state index contributed by atoms with van der Waals surface area (Å²) in [5.41, 5.74) is 3.92. The summed E-state index contributed by atoms with van der Waals surface area (Å²) in [5, 5.41) is 20.4. The molecular formula is C15H15ClN4O3. The van der Waals surface area contributed by atoms with E-state index in [1.807, 2.05) is 32.0 Å². The molecule has 1 aliphatic heterocycles. The Hall–Kier alpha value is -2.38. The van der Waals surface area contributed by atoms with Crippen LogP contribution in [0.25, 0.3) is 5.69 Å². The molecule has 0 saturated heterocycles. The van der Waals surface area contributed by atoms with Gasteiger partial charge in [0.1, 0.15) is 11.4 Å². The summed E-state index contributed by atoms with van der Waals surface area (Å²) in [5.74, 6) is -0.749. The highest BCUT2D eigenvalue weighted by molar-refractivity contribution is 6.42. The van der Waals surface area contributed by atoms with Crippen molar-refractivity contribution in [1.82, 2.24) is 20.3 Å². The molecule has 3 rings (SSSR count). The number of nitrogens with one attached hydrogen (secondary N) is 1. The second-order valence-electron chi connectivity index (χ2n) is 5.28. The molecule has 8 heteroatoms. The van der Waals surface area contributed by atoms with Gasteiger partial charge in [-0.1, -0.05) is 28.9 Å². The standard InChI is InChI=1S/C15H15ClN4O3/c1-8-3-4-9(2)11(5-8)20-7-10(18-19-20)6-17-13-12(16)14(21)23-15(13)22/h3-5,7,15,17,22H,6H2,1-2H3. The fourth-order valence-electron chi connectivity index (χ4n) is 2.24. The van der Waals surface area contributed by atoms with Gasteiger partial charge in [0.25, 0.3) is 0 Å². The molecule has 1 aromatic heterocycles. The Kier molecular flexibility index (Phi) is 4.06. The summed E-state index contributed by atoms with van der Waals surface area (Å²) in [6.45, 7) is 4.26. The van der Waals surface area contributed by atoms with Crippen molar-refractivity contribution in [3.05, 3.63) is 51.9 Å². The molecule has 7 nitrogen and oxygen atoms in total. The molecule has 0 bridgehead atoms. The Morgan fingerprint density at radius 2 is 2.22 bits per heavy atom. The first kappa shape index (κ1) is 15.5. The lowest BCUT2D eigenvalue weighted by Gasteiger charge is -2.08. The van der Waals surface area contributed by atoms with Gasteiger partial charge >= 0.3 is 5.97 Å². The topological polar surface area (TPSA) is 89.3 Å². The molecule has 2 N–H and O–H groups in total. The van der Waals surface area contributed by atoms with E-state index in [0.717, 1.165) is 16.8 Å². The van der Waals surface area contributed by atoms with Gasteiger partial charge in [0.2, 0.25) is 6.29 Å². The first-order chi connectivity index (χ1) is 11.0. The highest BCUT2D eigenvalue weighted by Gasteiger charge is 2.31. The monoisotopic (exact) mass is 334 g/mol. The van der Waals surface area contributed by atoms with E-state index in [4.69, 9.17) is 11.6 Å². The Labute approximate surface area is 137 Å². The van der Waals surface area contributed by atoms with Crippen molar-refractivity contribution in [3.63, 3.8) is 0 Å². The number of esters is 1. The largest absolute Gasteiger partial charge is 0.425 e. The van der Waals surface area contributed by atoms with E-state index in [-0.39, 0.29) is 17.3 Å². The van der Waals surface area contributed by atoms with Crippen molar-refractivity contribution < 1.29 is 14.6 Å². The van der Waals surface area contributed by atoms with Crippen LogP contribution in [0.2, 0.25) is 0 Å². The van der Waals surface area contributed by atoms with Crippen molar-refractivity contribution in [3.8, 4) is 5.69 Å². The van der Waals surface area contributed by atoms with Crippen molar-refractivity contribution in [2.45, 2.75) is 26.7 Å². The third-order valence-corrected chi connectivity index (χ3v) is 3.85. The van der Waals surface area contributed by atoms with Gasteiger partial charge in [-0.05, 0) is 31.0 Å². The summed E-state index contributed by atoms with van der Waals surface area (Å²) >= 11 is 5.77. The zero-order valence-corrected chi connectivity index (χ0v) is 13.3. The lowest BCUT2D eigenvalue weighted by atomic mass is 10.1. The number of halogens is 1. The van der Waals surface area contributed by atoms with Gasteiger partial charge in [-0.2, -0.15) is 0 Å². The van der Waals surface area contributed by atoms with Crippen LogP contribution in [0.4, 0.5) is 0 Å². The lowest BCUT2D eigenvalue weighted by Crippen LogP contribution is -2.22. The van der Waals surface area contributed by atoms with E-state index in [0.29, 0.717) is 5.69 Å². The number of rotatable bonds is 4. The zero-order valence-electron chi connectivity index (χ0n) is 12.6. The van der Waals surface area contributed by atoms with Gasteiger partial charge in [-0.15, -0.1) is 5.10 Å². The summed E-state index contributed by atoms with van der Waals surface area (Å²) in [4.78, 5) is 11.2. The molecule has 0 fully saturated rings. The number of aliphatic hydroxyl groups is 1. The highest BCUT2D eigenvalue weighted by Crippen LogP contribution is 2.22. The van der Waals surface area contributed by atoms with Crippen molar-refractivity contribution in [2.24, 2.45) is 0 Å². The van der Waals surface area contributed by atoms with Gasteiger partial charge in [0.15, 0.2) is 5.03 Å². The Morgan fingerprint density at radius 3 is 2.91 bits per heavy atom. The van der Waals surface area contributed by atoms with E-state index in [2.05, 4.69) is 20.4 Å². The third-order valence-electron chi connectivity index (χ3n) is 3.49. The molecule has 0 radical (unpaired) electrons. The fourth-order valence-corrected chi connectivity index (χ4v) is 2.45. The minimum absolute atomic E-state index is 0.137. The number of carbonyl (C=O) groups is 1. The van der Waals surface area contributed by atoms with Crippen LogP contribution in [0.1, 0.15) is 16.8 Å². The Morgan fingerprint density at radius 1 is 1.43 bits per heavy atom. The van der Waals surface area contributed by atoms with Gasteiger partial charge in [0.05, 0.1) is 18.4 Å². The number of aliphatic hydroxyl groups excluding tert-OH is 1. The van der Waals surface area contributed by atoms with Gasteiger partial charge in [-0.25, -0.2) is 9.48 Å². The van der Waals surface area contributed by atoms with Gasteiger partial charge < -0.3 is 15.2 Å². The Balaban J connectivity index is 1.76. The molecule has 0 aliphatic carbocycles. The first-order valence-electron chi connectivity index (χ1n) is 6.97. The Bertz CT molecular complexity index is 800. The number of hydrogen-bond acceptors (Lipinski definition) is 6. The smallest absolute Gasteiger partial charge is 0.354 e. The summed E-state index contributed by atoms with van der Waals surface area (Å²) in [7, 11) is 0. The van der Waals surface area contributed by atoms with Crippen LogP contribution in [-0.4, -0.2) is 32.4 Å². The van der Waals surface area contributed by atoms with Crippen LogP contribution in [0.3, 0.4) is 0 Å². The van der Waals surface area contributed by atoms with Crippen LogP contribution in [0.5, 0.6) is 0 Å². The maximum absolute atomic E-state index is 11.2. The molecule has 2 heterocycles. The second kappa shape index (κ2) is 6.02. The maximum atomic E-state index is 11.2. The van der Waals surface area contributed by atoms with Crippen molar-refractivity contribution >= 4 is 17.6 Å². The lowest BCUT2D eigenvalue weighted by molar-refractivity contribution is -0.151. The third kappa shape index (κ3) is 3.06. The first-order valence-corrected chi connectivity index (χ1v) is 7.35. The van der Waals surface area contributed by atoms with E-state index < -0.39 is 12.3 Å². The molecular weight excluding hydrogens is 320 g/mol. The summed E-state index contributed by atoms with van der Waals surface area (Å²) < 4.78 is 6.27. The van der Waals surface area contributed by atoms with Crippen LogP contribution >= 0.6 is 11.6 Å². The summed E-state index contributed by atoms with van der Waals surface area (Å²) in [6.07, 6.45) is 0.400. The molecule has 23 heavy (non-hydrogen) atoms. The second-order valence-corrected chi connectivity index (χ2v) is 5.66. The number of aryl methyl sites for hydroxylation is 2. The van der Waals surface area contributed by atoms with E-state index in [1.165, 1.54) is 0 Å². The molecule has 1 unspecified atom stereocenters.